The van der Waals surface area contributed by atoms with E-state index in [1.807, 2.05) is 18.2 Å². The number of H-pyrrole nitrogens is 2. The van der Waals surface area contributed by atoms with Crippen molar-refractivity contribution < 1.29 is 5.11 Å². The Morgan fingerprint density at radius 1 is 0.882 bits per heavy atom. The minimum absolute atomic E-state index is 0.0357. The van der Waals surface area contributed by atoms with Gasteiger partial charge < -0.3 is 5.11 Å². The van der Waals surface area contributed by atoms with Crippen LogP contribution in [-0.2, 0) is 0 Å². The number of aromatic hydroxyl groups is 1. The van der Waals surface area contributed by atoms with Gasteiger partial charge in [0.1, 0.15) is 5.75 Å². The molecule has 0 aliphatic rings. The molecule has 5 aromatic rings. The number of phenols is 1. The lowest BCUT2D eigenvalue weighted by Gasteiger charge is -2.08. The number of nitrogens with zero attached hydrogens (tertiary/aromatic N) is 5. The highest BCUT2D eigenvalue weighted by Crippen LogP contribution is 2.23. The average molecular weight is 451 g/mol. The van der Waals surface area contributed by atoms with E-state index in [2.05, 4.69) is 30.5 Å². The highest BCUT2D eigenvalue weighted by atomic mass is 16.3. The van der Waals surface area contributed by atoms with Gasteiger partial charge in [0.25, 0.3) is 11.1 Å². The lowest BCUT2D eigenvalue weighted by Crippen LogP contribution is -2.19. The molecule has 166 valence electrons. The van der Waals surface area contributed by atoms with Crippen molar-refractivity contribution in [1.82, 2.24) is 19.9 Å². The summed E-state index contributed by atoms with van der Waals surface area (Å²) in [7, 11) is 0. The Hall–Kier alpha value is -5.12. The normalized spacial score (nSPS) is 11.6. The summed E-state index contributed by atoms with van der Waals surface area (Å²) in [5, 5.41) is 23.4. The van der Waals surface area contributed by atoms with Crippen LogP contribution in [0.25, 0.3) is 22.3 Å². The van der Waals surface area contributed by atoms with Gasteiger partial charge in [-0.3, -0.25) is 19.8 Å². The summed E-state index contributed by atoms with van der Waals surface area (Å²) < 4.78 is 1.06. The first kappa shape index (κ1) is 20.8. The summed E-state index contributed by atoms with van der Waals surface area (Å²) in [5.74, 6) is 0.396. The van der Waals surface area contributed by atoms with Crippen molar-refractivity contribution in [1.29, 1.82) is 0 Å². The Balaban J connectivity index is 1.62. The molecule has 2 aromatic heterocycles. The fourth-order valence-corrected chi connectivity index (χ4v) is 3.33. The molecule has 10 nitrogen and oxygen atoms in total. The van der Waals surface area contributed by atoms with Gasteiger partial charge >= 0.3 is 0 Å². The van der Waals surface area contributed by atoms with E-state index in [9.17, 15) is 14.7 Å². The number of aromatic amines is 2. The Labute approximate surface area is 191 Å². The maximum absolute atomic E-state index is 13.2. The summed E-state index contributed by atoms with van der Waals surface area (Å²) in [5.41, 5.74) is 0.491. The molecule has 0 amide bonds. The van der Waals surface area contributed by atoms with Crippen LogP contribution in [-0.4, -0.2) is 31.2 Å². The van der Waals surface area contributed by atoms with Crippen molar-refractivity contribution >= 4 is 28.6 Å². The van der Waals surface area contributed by atoms with E-state index in [1.54, 1.807) is 54.6 Å². The van der Waals surface area contributed by atoms with Crippen molar-refractivity contribution in [2.45, 2.75) is 0 Å². The highest BCUT2D eigenvalue weighted by Gasteiger charge is 2.14. The van der Waals surface area contributed by atoms with Crippen LogP contribution in [0.1, 0.15) is 5.56 Å². The molecule has 0 aliphatic heterocycles. The standard InChI is InChI=1S/C24H17N7O3/c32-19-13-7-4-10-16(19)14-25-21-20(23(33)29-28-21)27-30-31-22(15-8-2-1-3-9-15)26-18-12-6-5-11-17(18)24(31)34/h1-14,32H,(H2,28,29,33)/b25-14+,30-27?. The molecule has 10 heteroatoms. The van der Waals surface area contributed by atoms with E-state index < -0.39 is 11.1 Å². The van der Waals surface area contributed by atoms with Crippen molar-refractivity contribution in [3.05, 3.63) is 105 Å². The monoisotopic (exact) mass is 451 g/mol. The van der Waals surface area contributed by atoms with Gasteiger partial charge in [-0.2, -0.15) is 4.68 Å². The van der Waals surface area contributed by atoms with E-state index >= 15 is 0 Å². The number of nitrogens with one attached hydrogen (secondary N) is 2. The molecule has 0 radical (unpaired) electrons. The largest absolute Gasteiger partial charge is 0.507 e. The SMILES string of the molecule is O=c1[nH][nH]c(/N=C/c2ccccc2O)c1N=Nn1c(-c2ccccc2)nc2ccccc2c1=O. The number of para-hydroxylation sites is 2. The van der Waals surface area contributed by atoms with E-state index in [0.717, 1.165) is 4.68 Å². The number of rotatable bonds is 5. The predicted octanol–water partition coefficient (Wildman–Crippen LogP) is 4.08. The maximum Gasteiger partial charge on any atom is 0.294 e. The molecule has 0 bridgehead atoms. The van der Waals surface area contributed by atoms with Gasteiger partial charge in [-0.25, -0.2) is 9.98 Å². The summed E-state index contributed by atoms with van der Waals surface area (Å²) in [6, 6.07) is 22.6. The zero-order valence-corrected chi connectivity index (χ0v) is 17.6. The van der Waals surface area contributed by atoms with Gasteiger partial charge in [0.2, 0.25) is 0 Å². The molecule has 0 saturated heterocycles. The second kappa shape index (κ2) is 8.79. The molecule has 0 fully saturated rings. The minimum Gasteiger partial charge on any atom is -0.507 e. The molecule has 3 N–H and O–H groups in total. The van der Waals surface area contributed by atoms with Crippen molar-refractivity contribution in [2.24, 2.45) is 15.3 Å². The summed E-state index contributed by atoms with van der Waals surface area (Å²) in [6.45, 7) is 0. The van der Waals surface area contributed by atoms with Crippen LogP contribution < -0.4 is 11.1 Å². The second-order valence-corrected chi connectivity index (χ2v) is 7.22. The average Bonchev–Trinajstić information content (AvgIpc) is 3.22. The topological polar surface area (TPSA) is 141 Å². The number of aliphatic imine (C=N–C) groups is 1. The first-order valence-electron chi connectivity index (χ1n) is 10.2. The van der Waals surface area contributed by atoms with Crippen LogP contribution in [0.5, 0.6) is 5.75 Å². The van der Waals surface area contributed by atoms with Crippen molar-refractivity contribution in [3.63, 3.8) is 0 Å². The van der Waals surface area contributed by atoms with Gasteiger partial charge in [-0.15, -0.1) is 5.11 Å². The molecule has 0 aliphatic carbocycles. The van der Waals surface area contributed by atoms with Gasteiger partial charge in [0.05, 0.1) is 10.9 Å². The molecule has 0 spiro atoms. The molecule has 0 atom stereocenters. The number of benzene rings is 3. The summed E-state index contributed by atoms with van der Waals surface area (Å²) in [4.78, 5) is 34.3. The zero-order chi connectivity index (χ0) is 23.5. The summed E-state index contributed by atoms with van der Waals surface area (Å²) >= 11 is 0. The molecular weight excluding hydrogens is 434 g/mol. The van der Waals surface area contributed by atoms with Crippen molar-refractivity contribution in [3.8, 4) is 17.1 Å². The number of phenolic OH excluding ortho intramolecular Hbond substituents is 1. The third-order valence-electron chi connectivity index (χ3n) is 5.02. The number of hydrogen-bond acceptors (Lipinski definition) is 7. The van der Waals surface area contributed by atoms with Gasteiger partial charge in [-0.05, 0) is 24.3 Å². The van der Waals surface area contributed by atoms with Crippen LogP contribution in [0.3, 0.4) is 0 Å². The lowest BCUT2D eigenvalue weighted by atomic mass is 10.2. The predicted molar refractivity (Wildman–Crippen MR) is 128 cm³/mol. The van der Waals surface area contributed by atoms with Crippen molar-refractivity contribution in [2.75, 3.05) is 0 Å². The van der Waals surface area contributed by atoms with E-state index in [-0.39, 0.29) is 23.1 Å². The van der Waals surface area contributed by atoms with Crippen LogP contribution in [0.15, 0.2) is 104 Å². The highest BCUT2D eigenvalue weighted by molar-refractivity contribution is 5.85. The second-order valence-electron chi connectivity index (χ2n) is 7.22. The first-order valence-corrected chi connectivity index (χ1v) is 10.2. The smallest absolute Gasteiger partial charge is 0.294 e. The lowest BCUT2D eigenvalue weighted by molar-refractivity contribution is 0.474. The van der Waals surface area contributed by atoms with Crippen LogP contribution >= 0.6 is 0 Å². The van der Waals surface area contributed by atoms with Crippen LogP contribution in [0, 0.1) is 0 Å². The molecule has 2 heterocycles. The van der Waals surface area contributed by atoms with Gasteiger partial charge in [0, 0.05) is 17.3 Å². The van der Waals surface area contributed by atoms with Crippen LogP contribution in [0.2, 0.25) is 0 Å². The number of hydrogen-bond donors (Lipinski definition) is 3. The number of fused-ring (bicyclic) bond motifs is 1. The Morgan fingerprint density at radius 3 is 2.44 bits per heavy atom. The third-order valence-corrected chi connectivity index (χ3v) is 5.02. The van der Waals surface area contributed by atoms with E-state index in [1.165, 1.54) is 12.3 Å². The Kier molecular flexibility index (Phi) is 5.37. The Morgan fingerprint density at radius 2 is 1.62 bits per heavy atom. The van der Waals surface area contributed by atoms with Crippen LogP contribution in [0.4, 0.5) is 11.5 Å². The van der Waals surface area contributed by atoms with Gasteiger partial charge in [0.15, 0.2) is 17.3 Å². The Bertz CT molecular complexity index is 1660. The van der Waals surface area contributed by atoms with E-state index in [4.69, 9.17) is 0 Å². The zero-order valence-electron chi connectivity index (χ0n) is 17.6. The fourth-order valence-electron chi connectivity index (χ4n) is 3.33. The maximum atomic E-state index is 13.2. The molecule has 0 saturated carbocycles. The fraction of sp³-hybridized carbons (Fsp3) is 0. The summed E-state index contributed by atoms with van der Waals surface area (Å²) in [6.07, 6.45) is 1.38. The quantitative estimate of drug-likeness (QED) is 0.273. The molecule has 5 rings (SSSR count). The first-order chi connectivity index (χ1) is 16.6. The van der Waals surface area contributed by atoms with E-state index in [0.29, 0.717) is 22.0 Å². The third kappa shape index (κ3) is 3.91. The molecular formula is C24H17N7O3. The molecule has 3 aromatic carbocycles. The minimum atomic E-state index is -0.573. The molecule has 0 unspecified atom stereocenters. The van der Waals surface area contributed by atoms with Gasteiger partial charge in [-0.1, -0.05) is 59.8 Å². The molecule has 34 heavy (non-hydrogen) atoms. The number of aromatic nitrogens is 4.